The van der Waals surface area contributed by atoms with Gasteiger partial charge < -0.3 is 15.0 Å². The fourth-order valence-electron chi connectivity index (χ4n) is 7.30. The normalized spacial score (nSPS) is 32.3. The number of carbonyl (C=O) groups excluding carboxylic acids is 2. The van der Waals surface area contributed by atoms with Gasteiger partial charge in [-0.05, 0) is 80.2 Å². The summed E-state index contributed by atoms with van der Waals surface area (Å²) in [7, 11) is 0. The number of rotatable bonds is 7. The number of hydrogen-bond acceptors (Lipinski definition) is 3. The Kier molecular flexibility index (Phi) is 6.38. The maximum atomic E-state index is 13.7. The second-order valence-corrected chi connectivity index (χ2v) is 11.0. The van der Waals surface area contributed by atoms with Crippen molar-refractivity contribution in [1.29, 1.82) is 0 Å². The van der Waals surface area contributed by atoms with Gasteiger partial charge in [-0.25, -0.2) is 0 Å². The lowest BCUT2D eigenvalue weighted by molar-refractivity contribution is -0.176. The number of nitrogens with zero attached hydrogens (tertiary/aromatic N) is 1. The van der Waals surface area contributed by atoms with Gasteiger partial charge in [-0.2, -0.15) is 13.2 Å². The molecule has 1 aliphatic heterocycles. The van der Waals surface area contributed by atoms with Crippen molar-refractivity contribution in [2.24, 2.45) is 23.2 Å². The van der Waals surface area contributed by atoms with Gasteiger partial charge in [0.15, 0.2) is 0 Å². The second kappa shape index (κ2) is 9.17. The van der Waals surface area contributed by atoms with Crippen LogP contribution >= 0.6 is 0 Å². The van der Waals surface area contributed by atoms with Crippen LogP contribution in [0, 0.1) is 23.2 Å². The highest BCUT2D eigenvalue weighted by atomic mass is 19.4. The first kappa shape index (κ1) is 23.6. The van der Waals surface area contributed by atoms with E-state index in [4.69, 9.17) is 0 Å². The predicted octanol–water partition coefficient (Wildman–Crippen LogP) is 4.59. The zero-order chi connectivity index (χ0) is 23.9. The van der Waals surface area contributed by atoms with E-state index in [2.05, 4.69) is 10.1 Å². The van der Waals surface area contributed by atoms with Crippen LogP contribution in [0.3, 0.4) is 0 Å². The zero-order valence-corrected chi connectivity index (χ0v) is 19.4. The Morgan fingerprint density at radius 3 is 2.18 bits per heavy atom. The molecule has 2 amide bonds. The quantitative estimate of drug-likeness (QED) is 0.624. The van der Waals surface area contributed by atoms with E-state index in [1.54, 1.807) is 24.3 Å². The van der Waals surface area contributed by atoms with Gasteiger partial charge in [0.25, 0.3) is 0 Å². The van der Waals surface area contributed by atoms with E-state index in [0.717, 1.165) is 31.2 Å². The molecule has 1 N–H and O–H groups in total. The van der Waals surface area contributed by atoms with E-state index in [9.17, 15) is 22.8 Å². The highest BCUT2D eigenvalue weighted by Crippen LogP contribution is 2.60. The molecular formula is C26H33F3N2O3. The Morgan fingerprint density at radius 1 is 1.00 bits per heavy atom. The molecule has 1 aromatic carbocycles. The average molecular weight is 479 g/mol. The van der Waals surface area contributed by atoms with E-state index in [-0.39, 0.29) is 23.8 Å². The molecule has 1 aromatic rings. The summed E-state index contributed by atoms with van der Waals surface area (Å²) in [5.74, 6) is 2.16. The molecule has 4 bridgehead atoms. The van der Waals surface area contributed by atoms with Crippen molar-refractivity contribution in [3.05, 3.63) is 35.4 Å². The van der Waals surface area contributed by atoms with Crippen molar-refractivity contribution in [3.63, 3.8) is 0 Å². The first-order valence-electron chi connectivity index (χ1n) is 12.5. The van der Waals surface area contributed by atoms with Crippen LogP contribution in [0.25, 0.3) is 0 Å². The first-order chi connectivity index (χ1) is 16.2. The molecule has 5 nitrogen and oxygen atoms in total. The molecular weight excluding hydrogens is 445 g/mol. The number of alkyl halides is 3. The lowest BCUT2D eigenvalue weighted by Crippen LogP contribution is -2.57. The molecule has 4 aliphatic carbocycles. The monoisotopic (exact) mass is 478 g/mol. The summed E-state index contributed by atoms with van der Waals surface area (Å²) in [6.07, 6.45) is 4.06. The van der Waals surface area contributed by atoms with Gasteiger partial charge in [0.2, 0.25) is 11.8 Å². The minimum atomic E-state index is -4.34. The van der Waals surface area contributed by atoms with E-state index < -0.39 is 18.8 Å². The van der Waals surface area contributed by atoms with Crippen LogP contribution in [0.5, 0.6) is 0 Å². The summed E-state index contributed by atoms with van der Waals surface area (Å²) >= 11 is 0. The summed E-state index contributed by atoms with van der Waals surface area (Å²) in [5, 5.41) is 2.97. The van der Waals surface area contributed by atoms with Gasteiger partial charge in [-0.1, -0.05) is 24.3 Å². The zero-order valence-electron chi connectivity index (χ0n) is 19.4. The SMILES string of the molecule is O=C(NCc1ccc(COCC(F)(F)F)cc1)C1CCCN1C(=O)C12CC3CC(CC(C3)C1)C2. The third-order valence-electron chi connectivity index (χ3n) is 8.33. The van der Waals surface area contributed by atoms with E-state index in [1.165, 1.54) is 19.3 Å². The van der Waals surface area contributed by atoms with E-state index >= 15 is 0 Å². The predicted molar refractivity (Wildman–Crippen MR) is 119 cm³/mol. The molecule has 0 radical (unpaired) electrons. The molecule has 0 aromatic heterocycles. The van der Waals surface area contributed by atoms with Crippen LogP contribution in [0.2, 0.25) is 0 Å². The highest BCUT2D eigenvalue weighted by molar-refractivity contribution is 5.91. The molecule has 6 rings (SSSR count). The van der Waals surface area contributed by atoms with Crippen LogP contribution in [0.1, 0.15) is 62.5 Å². The molecule has 8 heteroatoms. The molecule has 0 spiro atoms. The standard InChI is InChI=1S/C26H33F3N2O3/c27-26(28,29)16-34-15-18-5-3-17(4-6-18)14-30-23(32)22-2-1-7-31(22)24(33)25-11-19-8-20(12-25)10-21(9-19)13-25/h3-6,19-22H,1-2,7-16H2,(H,30,32). The smallest absolute Gasteiger partial charge is 0.367 e. The molecule has 5 aliphatic rings. The van der Waals surface area contributed by atoms with E-state index in [1.807, 2.05) is 4.90 Å². The van der Waals surface area contributed by atoms with Gasteiger partial charge in [0.1, 0.15) is 12.6 Å². The Hall–Kier alpha value is -2.09. The lowest BCUT2D eigenvalue weighted by Gasteiger charge is -2.56. The third kappa shape index (κ3) is 4.97. The Bertz CT molecular complexity index is 880. The van der Waals surface area contributed by atoms with Crippen molar-refractivity contribution >= 4 is 11.8 Å². The van der Waals surface area contributed by atoms with Crippen molar-refractivity contribution in [2.75, 3.05) is 13.2 Å². The van der Waals surface area contributed by atoms with Gasteiger partial charge in [-0.3, -0.25) is 9.59 Å². The second-order valence-electron chi connectivity index (χ2n) is 11.0. The van der Waals surface area contributed by atoms with Crippen LogP contribution in [-0.4, -0.2) is 42.1 Å². The van der Waals surface area contributed by atoms with Crippen LogP contribution in [-0.2, 0) is 27.5 Å². The number of halogens is 3. The Balaban J connectivity index is 1.15. The number of carbonyl (C=O) groups is 2. The van der Waals surface area contributed by atoms with Crippen molar-refractivity contribution in [1.82, 2.24) is 10.2 Å². The molecule has 1 atom stereocenters. The number of nitrogens with one attached hydrogen (secondary N) is 1. The van der Waals surface area contributed by atoms with Crippen molar-refractivity contribution in [3.8, 4) is 0 Å². The fraction of sp³-hybridized carbons (Fsp3) is 0.692. The molecule has 4 saturated carbocycles. The van der Waals surface area contributed by atoms with Gasteiger partial charge in [0.05, 0.1) is 12.0 Å². The fourth-order valence-corrected chi connectivity index (χ4v) is 7.30. The number of likely N-dealkylation sites (tertiary alicyclic amines) is 1. The number of benzene rings is 1. The van der Waals surface area contributed by atoms with Gasteiger partial charge in [-0.15, -0.1) is 0 Å². The number of ether oxygens (including phenoxy) is 1. The Labute approximate surface area is 198 Å². The first-order valence-corrected chi connectivity index (χ1v) is 12.5. The number of amides is 2. The third-order valence-corrected chi connectivity index (χ3v) is 8.33. The van der Waals surface area contributed by atoms with Gasteiger partial charge >= 0.3 is 6.18 Å². The van der Waals surface area contributed by atoms with Crippen molar-refractivity contribution in [2.45, 2.75) is 76.7 Å². The van der Waals surface area contributed by atoms with Crippen LogP contribution < -0.4 is 5.32 Å². The molecule has 34 heavy (non-hydrogen) atoms. The molecule has 186 valence electrons. The topological polar surface area (TPSA) is 58.6 Å². The summed E-state index contributed by atoms with van der Waals surface area (Å²) in [6.45, 7) is -0.413. The molecule has 5 fully saturated rings. The molecule has 1 unspecified atom stereocenters. The summed E-state index contributed by atoms with van der Waals surface area (Å²) in [4.78, 5) is 28.6. The summed E-state index contributed by atoms with van der Waals surface area (Å²) in [6, 6.07) is 6.56. The molecule has 1 heterocycles. The maximum absolute atomic E-state index is 13.7. The van der Waals surface area contributed by atoms with Crippen LogP contribution in [0.15, 0.2) is 24.3 Å². The summed E-state index contributed by atoms with van der Waals surface area (Å²) in [5.41, 5.74) is 1.26. The minimum absolute atomic E-state index is 0.115. The van der Waals surface area contributed by atoms with E-state index in [0.29, 0.717) is 42.8 Å². The summed E-state index contributed by atoms with van der Waals surface area (Å²) < 4.78 is 41.3. The highest BCUT2D eigenvalue weighted by Gasteiger charge is 2.56. The Morgan fingerprint density at radius 2 is 1.59 bits per heavy atom. The maximum Gasteiger partial charge on any atom is 0.411 e. The average Bonchev–Trinajstić information content (AvgIpc) is 3.26. The van der Waals surface area contributed by atoms with Gasteiger partial charge in [0, 0.05) is 13.1 Å². The van der Waals surface area contributed by atoms with Crippen molar-refractivity contribution < 1.29 is 27.5 Å². The molecule has 1 saturated heterocycles. The minimum Gasteiger partial charge on any atom is -0.367 e. The van der Waals surface area contributed by atoms with Crippen LogP contribution in [0.4, 0.5) is 13.2 Å². The lowest BCUT2D eigenvalue weighted by atomic mass is 9.49. The number of hydrogen-bond donors (Lipinski definition) is 1. The largest absolute Gasteiger partial charge is 0.411 e.